The zero-order valence-electron chi connectivity index (χ0n) is 18.9. The van der Waals surface area contributed by atoms with Crippen LogP contribution in [0, 0.1) is 5.41 Å². The molecule has 166 valence electrons. The van der Waals surface area contributed by atoms with Gasteiger partial charge in [0, 0.05) is 35.3 Å². The molecule has 4 rings (SSSR count). The number of anilines is 2. The quantitative estimate of drug-likeness (QED) is 0.639. The van der Waals surface area contributed by atoms with E-state index in [2.05, 4.69) is 73.0 Å². The summed E-state index contributed by atoms with van der Waals surface area (Å²) in [5.74, 6) is -0.0281. The van der Waals surface area contributed by atoms with E-state index < -0.39 is 0 Å². The highest BCUT2D eigenvalue weighted by Gasteiger charge is 2.36. The third-order valence-corrected chi connectivity index (χ3v) is 6.84. The number of benzene rings is 2. The highest BCUT2D eigenvalue weighted by molar-refractivity contribution is 7.98. The van der Waals surface area contributed by atoms with Crippen LogP contribution < -0.4 is 14.9 Å². The van der Waals surface area contributed by atoms with Crippen molar-refractivity contribution in [2.75, 3.05) is 36.5 Å². The molecule has 0 saturated carbocycles. The Balaban J connectivity index is 1.56. The van der Waals surface area contributed by atoms with Gasteiger partial charge >= 0.3 is 0 Å². The van der Waals surface area contributed by atoms with Crippen molar-refractivity contribution >= 4 is 29.2 Å². The summed E-state index contributed by atoms with van der Waals surface area (Å²) in [6.45, 7) is 12.2. The molecule has 1 amide bonds. The summed E-state index contributed by atoms with van der Waals surface area (Å²) in [7, 11) is 0. The zero-order chi connectivity index (χ0) is 22.0. The third-order valence-electron chi connectivity index (χ3n) is 6.06. The number of morpholine rings is 1. The molecule has 0 aromatic heterocycles. The number of amides is 1. The van der Waals surface area contributed by atoms with E-state index in [0.29, 0.717) is 5.25 Å². The maximum Gasteiger partial charge on any atom is 0.261 e. The predicted molar refractivity (Wildman–Crippen MR) is 130 cm³/mol. The van der Waals surface area contributed by atoms with Gasteiger partial charge < -0.3 is 15.0 Å². The second-order valence-electron chi connectivity index (χ2n) is 9.41. The molecule has 31 heavy (non-hydrogen) atoms. The molecule has 5 nitrogen and oxygen atoms in total. The molecule has 2 aromatic carbocycles. The third kappa shape index (κ3) is 5.01. The van der Waals surface area contributed by atoms with E-state index in [9.17, 15) is 4.79 Å². The number of hydrogen-bond donors (Lipinski definition) is 2. The first-order valence-electron chi connectivity index (χ1n) is 11.1. The Hall–Kier alpha value is -2.18. The van der Waals surface area contributed by atoms with Gasteiger partial charge in [-0.05, 0) is 65.2 Å². The van der Waals surface area contributed by atoms with Crippen molar-refractivity contribution < 1.29 is 9.53 Å². The number of carbonyl (C=O) groups excluding carboxylic acids is 1. The molecule has 2 N–H and O–H groups in total. The first kappa shape index (κ1) is 22.0. The van der Waals surface area contributed by atoms with Crippen LogP contribution in [0.15, 0.2) is 42.5 Å². The van der Waals surface area contributed by atoms with Gasteiger partial charge in [-0.15, -0.1) is 0 Å². The molecule has 2 aliphatic rings. The molecule has 0 spiro atoms. The Labute approximate surface area is 190 Å². The summed E-state index contributed by atoms with van der Waals surface area (Å²) in [6, 6.07) is 15.1. The average Bonchev–Trinajstić information content (AvgIpc) is 2.76. The van der Waals surface area contributed by atoms with Gasteiger partial charge in [-0.3, -0.25) is 9.52 Å². The Kier molecular flexibility index (Phi) is 6.49. The zero-order valence-corrected chi connectivity index (χ0v) is 19.7. The first-order valence-corrected chi connectivity index (χ1v) is 12.0. The topological polar surface area (TPSA) is 53.6 Å². The molecule has 2 heterocycles. The standard InChI is InChI=1S/C25H33N3O2S/c1-17(2)31-27-24(29)19-8-9-22-20(14-19)16-25(3,4)23(26-22)18-6-5-7-21(15-18)28-10-12-30-13-11-28/h5-9,14-15,17,23,26H,10-13,16H2,1-4H3,(H,27,29). The van der Waals surface area contributed by atoms with E-state index in [1.807, 2.05) is 12.1 Å². The molecular weight excluding hydrogens is 406 g/mol. The Morgan fingerprint density at radius 1 is 1.19 bits per heavy atom. The van der Waals surface area contributed by atoms with Crippen molar-refractivity contribution in [3.63, 3.8) is 0 Å². The summed E-state index contributed by atoms with van der Waals surface area (Å²) in [4.78, 5) is 14.9. The number of nitrogens with one attached hydrogen (secondary N) is 2. The van der Waals surface area contributed by atoms with Gasteiger partial charge in [0.2, 0.25) is 0 Å². The van der Waals surface area contributed by atoms with E-state index in [1.54, 1.807) is 0 Å². The summed E-state index contributed by atoms with van der Waals surface area (Å²) in [5, 5.41) is 4.13. The molecule has 2 aliphatic heterocycles. The summed E-state index contributed by atoms with van der Waals surface area (Å²) in [5.41, 5.74) is 5.62. The lowest BCUT2D eigenvalue weighted by Gasteiger charge is -2.42. The van der Waals surface area contributed by atoms with E-state index in [0.717, 1.165) is 44.0 Å². The van der Waals surface area contributed by atoms with Gasteiger partial charge in [0.05, 0.1) is 19.3 Å². The van der Waals surface area contributed by atoms with Gasteiger partial charge in [-0.2, -0.15) is 0 Å². The molecule has 6 heteroatoms. The highest BCUT2D eigenvalue weighted by Crippen LogP contribution is 2.45. The summed E-state index contributed by atoms with van der Waals surface area (Å²) >= 11 is 1.46. The van der Waals surface area contributed by atoms with Gasteiger partial charge in [0.1, 0.15) is 0 Å². The van der Waals surface area contributed by atoms with Crippen LogP contribution in [0.3, 0.4) is 0 Å². The number of ether oxygens (including phenoxy) is 1. The molecule has 0 bridgehead atoms. The van der Waals surface area contributed by atoms with Crippen LogP contribution in [-0.4, -0.2) is 37.5 Å². The Morgan fingerprint density at radius 3 is 2.71 bits per heavy atom. The monoisotopic (exact) mass is 439 g/mol. The van der Waals surface area contributed by atoms with Crippen molar-refractivity contribution in [2.24, 2.45) is 5.41 Å². The minimum atomic E-state index is -0.0281. The smallest absolute Gasteiger partial charge is 0.261 e. The van der Waals surface area contributed by atoms with Crippen LogP contribution in [0.25, 0.3) is 0 Å². The fourth-order valence-electron chi connectivity index (χ4n) is 4.45. The largest absolute Gasteiger partial charge is 0.378 e. The SMILES string of the molecule is CC(C)SNC(=O)c1ccc2c(c1)CC(C)(C)C(c1cccc(N3CCOCC3)c1)N2. The molecule has 2 aromatic rings. The lowest BCUT2D eigenvalue weighted by Crippen LogP contribution is -2.37. The minimum Gasteiger partial charge on any atom is -0.378 e. The lowest BCUT2D eigenvalue weighted by molar-refractivity contribution is 0.0984. The average molecular weight is 440 g/mol. The van der Waals surface area contributed by atoms with Gasteiger partial charge in [0.15, 0.2) is 0 Å². The van der Waals surface area contributed by atoms with Crippen LogP contribution in [0.2, 0.25) is 0 Å². The summed E-state index contributed by atoms with van der Waals surface area (Å²) < 4.78 is 8.45. The molecular formula is C25H33N3O2S. The number of carbonyl (C=O) groups is 1. The van der Waals surface area contributed by atoms with E-state index in [1.165, 1.54) is 28.8 Å². The fourth-order valence-corrected chi connectivity index (χ4v) is 4.91. The van der Waals surface area contributed by atoms with Crippen LogP contribution >= 0.6 is 11.9 Å². The fraction of sp³-hybridized carbons (Fsp3) is 0.480. The van der Waals surface area contributed by atoms with E-state index in [-0.39, 0.29) is 17.4 Å². The van der Waals surface area contributed by atoms with Crippen molar-refractivity contribution in [3.05, 3.63) is 59.2 Å². The molecule has 1 fully saturated rings. The van der Waals surface area contributed by atoms with Gasteiger partial charge in [-0.1, -0.05) is 39.8 Å². The van der Waals surface area contributed by atoms with Gasteiger partial charge in [-0.25, -0.2) is 0 Å². The van der Waals surface area contributed by atoms with Crippen LogP contribution in [-0.2, 0) is 11.2 Å². The van der Waals surface area contributed by atoms with E-state index in [4.69, 9.17) is 4.74 Å². The lowest BCUT2D eigenvalue weighted by atomic mass is 9.72. The summed E-state index contributed by atoms with van der Waals surface area (Å²) in [6.07, 6.45) is 0.917. The van der Waals surface area contributed by atoms with Crippen molar-refractivity contribution in [1.29, 1.82) is 0 Å². The second-order valence-corrected chi connectivity index (χ2v) is 10.8. The molecule has 0 radical (unpaired) electrons. The predicted octanol–water partition coefficient (Wildman–Crippen LogP) is 5.05. The maximum atomic E-state index is 12.5. The van der Waals surface area contributed by atoms with Crippen LogP contribution in [0.1, 0.15) is 55.2 Å². The number of nitrogens with zero attached hydrogens (tertiary/aromatic N) is 1. The Morgan fingerprint density at radius 2 is 1.97 bits per heavy atom. The second kappa shape index (κ2) is 9.13. The van der Waals surface area contributed by atoms with Crippen molar-refractivity contribution in [3.8, 4) is 0 Å². The molecule has 1 saturated heterocycles. The molecule has 0 aliphatic carbocycles. The van der Waals surface area contributed by atoms with E-state index >= 15 is 0 Å². The number of hydrogen-bond acceptors (Lipinski definition) is 5. The normalized spacial score (nSPS) is 20.2. The highest BCUT2D eigenvalue weighted by atomic mass is 32.2. The molecule has 1 atom stereocenters. The van der Waals surface area contributed by atoms with Crippen LogP contribution in [0.4, 0.5) is 11.4 Å². The number of rotatable bonds is 5. The van der Waals surface area contributed by atoms with Crippen LogP contribution in [0.5, 0.6) is 0 Å². The minimum absolute atomic E-state index is 0.0123. The Bertz CT molecular complexity index is 938. The number of fused-ring (bicyclic) bond motifs is 1. The first-order chi connectivity index (χ1) is 14.8. The maximum absolute atomic E-state index is 12.5. The van der Waals surface area contributed by atoms with Crippen molar-refractivity contribution in [2.45, 2.75) is 45.4 Å². The van der Waals surface area contributed by atoms with Gasteiger partial charge in [0.25, 0.3) is 5.91 Å². The van der Waals surface area contributed by atoms with Crippen molar-refractivity contribution in [1.82, 2.24) is 4.72 Å². The molecule has 1 unspecified atom stereocenters.